The first-order valence-corrected chi connectivity index (χ1v) is 20.9. The van der Waals surface area contributed by atoms with Crippen LogP contribution in [0.25, 0.3) is 67.5 Å². The van der Waals surface area contributed by atoms with Gasteiger partial charge in [0.1, 0.15) is 0 Å². The van der Waals surface area contributed by atoms with Crippen LogP contribution in [0.4, 0.5) is 0 Å². The number of hydrogen-bond acceptors (Lipinski definition) is 3. The highest BCUT2D eigenvalue weighted by molar-refractivity contribution is 7.79. The van der Waals surface area contributed by atoms with E-state index in [-0.39, 0.29) is 0 Å². The van der Waals surface area contributed by atoms with Gasteiger partial charge in [-0.2, -0.15) is 0 Å². The molecule has 1 unspecified atom stereocenters. The van der Waals surface area contributed by atoms with Crippen molar-refractivity contribution >= 4 is 18.5 Å². The zero-order valence-electron chi connectivity index (χ0n) is 29.7. The lowest BCUT2D eigenvalue weighted by molar-refractivity contribution is 0.794. The minimum atomic E-state index is -1.55. The van der Waals surface area contributed by atoms with Crippen LogP contribution in [0.3, 0.4) is 0 Å². The molecule has 0 fully saturated rings. The highest BCUT2D eigenvalue weighted by Crippen LogP contribution is 2.63. The third-order valence-corrected chi connectivity index (χ3v) is 12.6. The quantitative estimate of drug-likeness (QED) is 0.168. The fourth-order valence-electron chi connectivity index (χ4n) is 8.44. The van der Waals surface area contributed by atoms with Crippen LogP contribution in [-0.4, -0.2) is 34.6 Å². The number of benzene rings is 7. The van der Waals surface area contributed by atoms with Crippen molar-refractivity contribution in [2.75, 3.05) is 13.3 Å². The van der Waals surface area contributed by atoms with Gasteiger partial charge in [-0.05, 0) is 86.4 Å². The van der Waals surface area contributed by atoms with E-state index < -0.39 is 12.3 Å². The summed E-state index contributed by atoms with van der Waals surface area (Å²) in [4.78, 5) is 15.4. The summed E-state index contributed by atoms with van der Waals surface area (Å²) in [5, 5.41) is 1.33. The number of nitrogens with zero attached hydrogens (tertiary/aromatic N) is 3. The standard InChI is InChI=1S/C49H36N3P/c1-53(2,3)37-27-29-41-39-19-11-13-21-43(39)49(45(41)31-37)42-20-12-10-18-38(42)40-28-26-36(30-44(40)49)48-51-46(34-16-8-5-9-17-34)50-47(52-48)35-24-22-33(23-25-35)32-14-6-4-7-15-32/h4-31H,1H2,2-3H3. The van der Waals surface area contributed by atoms with Crippen LogP contribution in [0.2, 0.25) is 0 Å². The second kappa shape index (κ2) is 12.0. The summed E-state index contributed by atoms with van der Waals surface area (Å²) in [6.45, 7) is 3.06. The molecule has 0 radical (unpaired) electrons. The maximum atomic E-state index is 5.20. The molecule has 4 heteroatoms. The molecular weight excluding hydrogens is 662 g/mol. The lowest BCUT2D eigenvalue weighted by Crippen LogP contribution is -2.27. The molecule has 1 heterocycles. The Morgan fingerprint density at radius 1 is 0.377 bits per heavy atom. The maximum absolute atomic E-state index is 5.20. The van der Waals surface area contributed by atoms with Gasteiger partial charge in [-0.3, -0.25) is 0 Å². The monoisotopic (exact) mass is 697 g/mol. The Balaban J connectivity index is 1.20. The SMILES string of the molecule is C=P(C)(C)c1ccc2c(c1)C1(c3ccccc3-c3ccc(-c4nc(-c5ccccc5)nc(-c5ccc(-c6ccccc6)cc5)n4)cc31)c1ccccc1-2. The van der Waals surface area contributed by atoms with Gasteiger partial charge >= 0.3 is 0 Å². The highest BCUT2D eigenvalue weighted by atomic mass is 31.2. The van der Waals surface area contributed by atoms with Gasteiger partial charge in [0, 0.05) is 16.7 Å². The minimum absolute atomic E-state index is 0.482. The molecule has 1 aromatic heterocycles. The molecule has 0 bridgehead atoms. The molecule has 0 amide bonds. The summed E-state index contributed by atoms with van der Waals surface area (Å²) in [7, 11) is 0. The molecular formula is C49H36N3P. The maximum Gasteiger partial charge on any atom is 0.164 e. The van der Waals surface area contributed by atoms with Crippen molar-refractivity contribution in [3.63, 3.8) is 0 Å². The Labute approximate surface area is 310 Å². The van der Waals surface area contributed by atoms with Gasteiger partial charge in [0.2, 0.25) is 0 Å². The summed E-state index contributed by atoms with van der Waals surface area (Å²) < 4.78 is 0. The molecule has 0 N–H and O–H groups in total. The fourth-order valence-corrected chi connectivity index (χ4v) is 9.39. The van der Waals surface area contributed by atoms with Crippen molar-refractivity contribution in [3.8, 4) is 67.5 Å². The Kier molecular flexibility index (Phi) is 7.12. The highest BCUT2D eigenvalue weighted by Gasteiger charge is 2.51. The van der Waals surface area contributed by atoms with E-state index in [2.05, 4.69) is 165 Å². The van der Waals surface area contributed by atoms with E-state index in [0.29, 0.717) is 17.5 Å². The van der Waals surface area contributed by atoms with E-state index in [9.17, 15) is 0 Å². The molecule has 1 spiro atoms. The second-order valence-electron chi connectivity index (χ2n) is 14.6. The van der Waals surface area contributed by atoms with E-state index in [1.54, 1.807) is 0 Å². The zero-order chi connectivity index (χ0) is 35.7. The number of rotatable bonds is 5. The average Bonchev–Trinajstić information content (AvgIpc) is 3.68. The van der Waals surface area contributed by atoms with Crippen LogP contribution in [0.5, 0.6) is 0 Å². The Morgan fingerprint density at radius 3 is 1.36 bits per heavy atom. The van der Waals surface area contributed by atoms with Crippen molar-refractivity contribution in [2.45, 2.75) is 5.41 Å². The fraction of sp³-hybridized carbons (Fsp3) is 0.0612. The van der Waals surface area contributed by atoms with E-state index >= 15 is 0 Å². The molecule has 0 saturated heterocycles. The normalized spacial score (nSPS) is 15.1. The lowest BCUT2D eigenvalue weighted by Gasteiger charge is -2.31. The van der Waals surface area contributed by atoms with Crippen LogP contribution >= 0.6 is 6.89 Å². The third kappa shape index (κ3) is 4.92. The molecule has 8 aromatic rings. The van der Waals surface area contributed by atoms with Crippen molar-refractivity contribution < 1.29 is 0 Å². The Morgan fingerprint density at radius 2 is 0.774 bits per heavy atom. The molecule has 0 aliphatic heterocycles. The summed E-state index contributed by atoms with van der Waals surface area (Å²) in [5.41, 5.74) is 15.0. The van der Waals surface area contributed by atoms with Gasteiger partial charge in [0.05, 0.1) is 5.41 Å². The van der Waals surface area contributed by atoms with Crippen LogP contribution in [0.1, 0.15) is 22.3 Å². The van der Waals surface area contributed by atoms with Crippen LogP contribution in [0.15, 0.2) is 170 Å². The van der Waals surface area contributed by atoms with Gasteiger partial charge in [-0.25, -0.2) is 15.0 Å². The molecule has 2 aliphatic rings. The predicted octanol–water partition coefficient (Wildman–Crippen LogP) is 11.2. The van der Waals surface area contributed by atoms with E-state index in [0.717, 1.165) is 22.3 Å². The van der Waals surface area contributed by atoms with E-state index in [4.69, 9.17) is 15.0 Å². The second-order valence-corrected chi connectivity index (χ2v) is 18.5. The zero-order valence-corrected chi connectivity index (χ0v) is 30.6. The molecule has 7 aromatic carbocycles. The van der Waals surface area contributed by atoms with Gasteiger partial charge in [-0.15, -0.1) is 0 Å². The van der Waals surface area contributed by atoms with Crippen molar-refractivity contribution in [1.82, 2.24) is 15.0 Å². The van der Waals surface area contributed by atoms with Crippen LogP contribution < -0.4 is 5.30 Å². The van der Waals surface area contributed by atoms with Crippen molar-refractivity contribution in [1.29, 1.82) is 0 Å². The Hall–Kier alpha value is -6.15. The average molecular weight is 698 g/mol. The largest absolute Gasteiger partial charge is 0.208 e. The van der Waals surface area contributed by atoms with E-state index in [1.807, 2.05) is 24.3 Å². The summed E-state index contributed by atoms with van der Waals surface area (Å²) in [6, 6.07) is 61.0. The molecule has 0 saturated carbocycles. The Bertz CT molecular complexity index is 2750. The molecule has 3 nitrogen and oxygen atoms in total. The molecule has 2 aliphatic carbocycles. The molecule has 10 rings (SSSR count). The van der Waals surface area contributed by atoms with Crippen molar-refractivity contribution in [3.05, 3.63) is 192 Å². The lowest BCUT2D eigenvalue weighted by atomic mass is 9.70. The molecule has 1 atom stereocenters. The summed E-state index contributed by atoms with van der Waals surface area (Å²) in [5.74, 6) is 1.95. The van der Waals surface area contributed by atoms with Crippen LogP contribution in [0, 0.1) is 0 Å². The number of fused-ring (bicyclic) bond motifs is 10. The number of aromatic nitrogens is 3. The van der Waals surface area contributed by atoms with Gasteiger partial charge < -0.3 is 0 Å². The first kappa shape index (κ1) is 31.6. The minimum Gasteiger partial charge on any atom is -0.208 e. The molecule has 53 heavy (non-hydrogen) atoms. The van der Waals surface area contributed by atoms with Crippen LogP contribution in [-0.2, 0) is 5.41 Å². The van der Waals surface area contributed by atoms with Gasteiger partial charge in [-0.1, -0.05) is 171 Å². The first-order chi connectivity index (χ1) is 25.9. The predicted molar refractivity (Wildman–Crippen MR) is 223 cm³/mol. The topological polar surface area (TPSA) is 38.7 Å². The first-order valence-electron chi connectivity index (χ1n) is 18.0. The molecule has 252 valence electrons. The van der Waals surface area contributed by atoms with E-state index in [1.165, 1.54) is 55.4 Å². The number of hydrogen-bond donors (Lipinski definition) is 0. The van der Waals surface area contributed by atoms with Gasteiger partial charge in [0.25, 0.3) is 0 Å². The van der Waals surface area contributed by atoms with Crippen molar-refractivity contribution in [2.24, 2.45) is 0 Å². The summed E-state index contributed by atoms with van der Waals surface area (Å²) in [6.07, 6.45) is 4.65. The smallest absolute Gasteiger partial charge is 0.164 e. The summed E-state index contributed by atoms with van der Waals surface area (Å²) >= 11 is 0. The third-order valence-electron chi connectivity index (χ3n) is 10.9. The van der Waals surface area contributed by atoms with Gasteiger partial charge in [0.15, 0.2) is 17.5 Å².